The van der Waals surface area contributed by atoms with E-state index in [1.54, 1.807) is 65.6 Å². The SMILES string of the molecule is O=C(/C=C/c1cc(Cl)ccc1-n1cnnn1)Cc1ccc(C2CCCN(C(=O)/C=C/c3cc(Cl)ccc3-n3cnnn3)C2C(=O)Cc2ccc(C(=O)O)cc2)cc1. The normalized spacial score (nSPS) is 15.6. The van der Waals surface area contributed by atoms with Crippen LogP contribution in [0.4, 0.5) is 0 Å². The van der Waals surface area contributed by atoms with Crippen LogP contribution in [-0.4, -0.2) is 86.5 Å². The highest BCUT2D eigenvalue weighted by atomic mass is 35.5. The van der Waals surface area contributed by atoms with Gasteiger partial charge in [0.25, 0.3) is 0 Å². The number of likely N-dealkylation sites (tertiary alicyclic amines) is 1. The maximum atomic E-state index is 14.3. The number of ketones is 2. The molecule has 2 aromatic heterocycles. The van der Waals surface area contributed by atoms with Crippen molar-refractivity contribution in [2.75, 3.05) is 6.54 Å². The van der Waals surface area contributed by atoms with Crippen molar-refractivity contribution in [3.8, 4) is 11.4 Å². The van der Waals surface area contributed by atoms with Crippen LogP contribution in [0.3, 0.4) is 0 Å². The number of rotatable bonds is 13. The lowest BCUT2D eigenvalue weighted by atomic mass is 9.79. The fraction of sp³-hybridized carbons (Fsp3) is 0.171. The third-order valence-electron chi connectivity index (χ3n) is 9.63. The lowest BCUT2D eigenvalue weighted by molar-refractivity contribution is -0.138. The van der Waals surface area contributed by atoms with Gasteiger partial charge in [0.15, 0.2) is 11.6 Å². The molecule has 7 rings (SSSR count). The van der Waals surface area contributed by atoms with Gasteiger partial charge in [-0.1, -0.05) is 59.6 Å². The summed E-state index contributed by atoms with van der Waals surface area (Å²) < 4.78 is 2.94. The zero-order valence-corrected chi connectivity index (χ0v) is 31.6. The first-order valence-electron chi connectivity index (χ1n) is 17.8. The Bertz CT molecular complexity index is 2470. The Balaban J connectivity index is 1.12. The Morgan fingerprint density at radius 3 is 1.84 bits per heavy atom. The molecule has 57 heavy (non-hydrogen) atoms. The minimum absolute atomic E-state index is 0.00696. The van der Waals surface area contributed by atoms with Crippen molar-refractivity contribution in [1.29, 1.82) is 0 Å². The summed E-state index contributed by atoms with van der Waals surface area (Å²) in [6, 6.07) is 23.2. The number of aromatic carboxylic acids is 1. The molecule has 1 saturated heterocycles. The van der Waals surface area contributed by atoms with Gasteiger partial charge in [-0.25, -0.2) is 4.79 Å². The molecule has 1 amide bonds. The van der Waals surface area contributed by atoms with Gasteiger partial charge in [-0.2, -0.15) is 9.36 Å². The molecule has 0 saturated carbocycles. The molecule has 2 atom stereocenters. The monoisotopic (exact) mass is 801 g/mol. The molecular weight excluding hydrogens is 769 g/mol. The van der Waals surface area contributed by atoms with Crippen LogP contribution >= 0.6 is 23.2 Å². The average molecular weight is 803 g/mol. The Labute approximate surface area is 336 Å². The number of amides is 1. The van der Waals surface area contributed by atoms with Crippen LogP contribution in [0, 0.1) is 0 Å². The summed E-state index contributed by atoms with van der Waals surface area (Å²) in [6.45, 7) is 0.351. The molecule has 16 heteroatoms. The minimum atomic E-state index is -1.07. The van der Waals surface area contributed by atoms with Gasteiger partial charge >= 0.3 is 5.97 Å². The van der Waals surface area contributed by atoms with Crippen molar-refractivity contribution >= 4 is 58.8 Å². The number of benzene rings is 4. The average Bonchev–Trinajstić information content (AvgIpc) is 3.96. The quantitative estimate of drug-likeness (QED) is 0.134. The standard InChI is InChI=1S/C41H33Cl2N9O5/c42-32-13-16-36(51-24-44-46-48-51)30(22-32)11-15-34(53)20-26-3-7-28(8-4-26)35-2-1-19-50(40(35)38(54)21-27-5-9-29(10-6-27)41(56)57)39(55)18-12-31-23-33(43)14-17-37(31)52-25-45-47-49-52/h3-18,22-25,35,40H,1-2,19-21H2,(H,56,57)/b15-11+,18-12+. The van der Waals surface area contributed by atoms with Crippen molar-refractivity contribution in [1.82, 2.24) is 45.3 Å². The molecule has 1 fully saturated rings. The summed E-state index contributed by atoms with van der Waals surface area (Å²) in [7, 11) is 0. The van der Waals surface area contributed by atoms with E-state index in [2.05, 4.69) is 31.1 Å². The van der Waals surface area contributed by atoms with Gasteiger partial charge in [-0.3, -0.25) is 14.4 Å². The number of halogens is 2. The molecule has 3 heterocycles. The molecule has 2 unspecified atom stereocenters. The van der Waals surface area contributed by atoms with Crippen LogP contribution in [0.15, 0.2) is 110 Å². The lowest BCUT2D eigenvalue weighted by Crippen LogP contribution is -2.51. The Kier molecular flexibility index (Phi) is 11.8. The highest BCUT2D eigenvalue weighted by molar-refractivity contribution is 6.31. The van der Waals surface area contributed by atoms with E-state index in [-0.39, 0.29) is 41.8 Å². The first-order valence-corrected chi connectivity index (χ1v) is 18.6. The second-order valence-electron chi connectivity index (χ2n) is 13.3. The maximum absolute atomic E-state index is 14.3. The van der Waals surface area contributed by atoms with Gasteiger partial charge in [0, 0.05) is 52.6 Å². The van der Waals surface area contributed by atoms with Crippen LogP contribution in [0.5, 0.6) is 0 Å². The molecule has 4 aromatic carbocycles. The molecule has 1 N–H and O–H groups in total. The first-order chi connectivity index (χ1) is 27.6. The van der Waals surface area contributed by atoms with E-state index < -0.39 is 12.0 Å². The number of carbonyl (C=O) groups excluding carboxylic acids is 3. The van der Waals surface area contributed by atoms with Gasteiger partial charge < -0.3 is 10.0 Å². The fourth-order valence-electron chi connectivity index (χ4n) is 6.92. The van der Waals surface area contributed by atoms with Crippen molar-refractivity contribution in [3.63, 3.8) is 0 Å². The van der Waals surface area contributed by atoms with Crippen LogP contribution < -0.4 is 0 Å². The van der Waals surface area contributed by atoms with E-state index >= 15 is 0 Å². The molecular formula is C41H33Cl2N9O5. The van der Waals surface area contributed by atoms with Crippen molar-refractivity contribution < 1.29 is 24.3 Å². The van der Waals surface area contributed by atoms with Gasteiger partial charge in [-0.15, -0.1) is 10.2 Å². The number of Topliss-reactive ketones (excluding diaryl/α,β-unsaturated/α-hetero) is 1. The third kappa shape index (κ3) is 9.26. The van der Waals surface area contributed by atoms with E-state index in [0.29, 0.717) is 57.5 Å². The van der Waals surface area contributed by atoms with Gasteiger partial charge in [0.05, 0.1) is 23.0 Å². The number of allylic oxidation sites excluding steroid dienone is 1. The number of carboxylic acid groups (broad SMARTS) is 1. The summed E-state index contributed by atoms with van der Waals surface area (Å²) in [6.07, 6.45) is 10.5. The van der Waals surface area contributed by atoms with Gasteiger partial charge in [-0.05, 0) is 117 Å². The minimum Gasteiger partial charge on any atom is -0.478 e. The number of tetrazole rings is 2. The summed E-state index contributed by atoms with van der Waals surface area (Å²) >= 11 is 12.5. The number of aromatic nitrogens is 8. The second kappa shape index (κ2) is 17.4. The van der Waals surface area contributed by atoms with E-state index in [0.717, 1.165) is 11.1 Å². The van der Waals surface area contributed by atoms with E-state index in [4.69, 9.17) is 23.2 Å². The van der Waals surface area contributed by atoms with Crippen LogP contribution in [-0.2, 0) is 27.2 Å². The summed E-state index contributed by atoms with van der Waals surface area (Å²) in [5.74, 6) is -2.10. The predicted octanol–water partition coefficient (Wildman–Crippen LogP) is 6.07. The van der Waals surface area contributed by atoms with Crippen LogP contribution in [0.1, 0.15) is 56.9 Å². The highest BCUT2D eigenvalue weighted by Gasteiger charge is 2.39. The van der Waals surface area contributed by atoms with E-state index in [9.17, 15) is 24.3 Å². The predicted molar refractivity (Wildman–Crippen MR) is 211 cm³/mol. The molecule has 1 aliphatic heterocycles. The highest BCUT2D eigenvalue weighted by Crippen LogP contribution is 2.35. The number of hydrogen-bond donors (Lipinski definition) is 1. The van der Waals surface area contributed by atoms with Gasteiger partial charge in [0.2, 0.25) is 5.91 Å². The summed E-state index contributed by atoms with van der Waals surface area (Å²) in [5.41, 5.74) is 4.89. The number of carbonyl (C=O) groups is 4. The summed E-state index contributed by atoms with van der Waals surface area (Å²) in [5, 5.41) is 33.0. The Morgan fingerprint density at radius 1 is 0.719 bits per heavy atom. The van der Waals surface area contributed by atoms with Crippen molar-refractivity contribution in [3.05, 3.63) is 153 Å². The zero-order valence-electron chi connectivity index (χ0n) is 30.1. The molecule has 286 valence electrons. The molecule has 6 aromatic rings. The van der Waals surface area contributed by atoms with Crippen molar-refractivity contribution in [2.45, 2.75) is 37.6 Å². The topological polar surface area (TPSA) is 179 Å². The lowest BCUT2D eigenvalue weighted by Gasteiger charge is -2.40. The molecule has 14 nitrogen and oxygen atoms in total. The Morgan fingerprint density at radius 2 is 1.28 bits per heavy atom. The van der Waals surface area contributed by atoms with Crippen LogP contribution in [0.2, 0.25) is 10.0 Å². The van der Waals surface area contributed by atoms with Gasteiger partial charge in [0.1, 0.15) is 12.7 Å². The fourth-order valence-corrected chi connectivity index (χ4v) is 7.28. The second-order valence-corrected chi connectivity index (χ2v) is 14.2. The molecule has 1 aliphatic rings. The maximum Gasteiger partial charge on any atom is 0.335 e. The molecule has 0 spiro atoms. The van der Waals surface area contributed by atoms with E-state index in [1.165, 1.54) is 46.3 Å². The summed E-state index contributed by atoms with van der Waals surface area (Å²) in [4.78, 5) is 54.5. The largest absolute Gasteiger partial charge is 0.478 e. The third-order valence-corrected chi connectivity index (χ3v) is 10.1. The smallest absolute Gasteiger partial charge is 0.335 e. The van der Waals surface area contributed by atoms with Crippen LogP contribution in [0.25, 0.3) is 23.5 Å². The molecule has 0 radical (unpaired) electrons. The first kappa shape index (κ1) is 38.6. The zero-order chi connectivity index (χ0) is 39.9. The number of piperidine rings is 1. The molecule has 0 bridgehead atoms. The van der Waals surface area contributed by atoms with Crippen molar-refractivity contribution in [2.24, 2.45) is 0 Å². The number of nitrogens with zero attached hydrogens (tertiary/aromatic N) is 9. The number of hydrogen-bond acceptors (Lipinski definition) is 10. The Hall–Kier alpha value is -6.64. The molecule has 0 aliphatic carbocycles. The van der Waals surface area contributed by atoms with E-state index in [1.807, 2.05) is 24.3 Å². The number of carboxylic acids is 1.